The molecule has 0 aliphatic heterocycles. The second kappa shape index (κ2) is 7.73. The molecule has 2 aromatic rings. The van der Waals surface area contributed by atoms with Gasteiger partial charge in [0.2, 0.25) is 0 Å². The van der Waals surface area contributed by atoms with Gasteiger partial charge in [0.1, 0.15) is 17.2 Å². The number of benzene rings is 2. The molecular formula is C19H23NO4. The first-order valence-corrected chi connectivity index (χ1v) is 7.67. The molecule has 0 aliphatic carbocycles. The number of hydrogen-bond donors (Lipinski definition) is 1. The van der Waals surface area contributed by atoms with Gasteiger partial charge in [0.15, 0.2) is 6.61 Å². The fraction of sp³-hybridized carbons (Fsp3) is 0.316. The fourth-order valence-electron chi connectivity index (χ4n) is 2.63. The zero-order chi connectivity index (χ0) is 17.7. The topological polar surface area (TPSA) is 56.8 Å². The Labute approximate surface area is 142 Å². The third-order valence-electron chi connectivity index (χ3n) is 3.63. The van der Waals surface area contributed by atoms with E-state index in [0.29, 0.717) is 17.2 Å². The van der Waals surface area contributed by atoms with Crippen molar-refractivity contribution in [1.82, 2.24) is 0 Å². The van der Waals surface area contributed by atoms with E-state index < -0.39 is 0 Å². The summed E-state index contributed by atoms with van der Waals surface area (Å²) in [5, 5.41) is 2.79. The van der Waals surface area contributed by atoms with Gasteiger partial charge in [0.05, 0.1) is 19.9 Å². The molecule has 5 nitrogen and oxygen atoms in total. The van der Waals surface area contributed by atoms with Crippen LogP contribution in [-0.4, -0.2) is 26.7 Å². The van der Waals surface area contributed by atoms with Crippen molar-refractivity contribution in [2.75, 3.05) is 26.1 Å². The lowest BCUT2D eigenvalue weighted by Crippen LogP contribution is -2.21. The summed E-state index contributed by atoms with van der Waals surface area (Å²) in [6.07, 6.45) is 0. The lowest BCUT2D eigenvalue weighted by atomic mass is 10.1. The predicted molar refractivity (Wildman–Crippen MR) is 94.3 cm³/mol. The lowest BCUT2D eigenvalue weighted by Gasteiger charge is -2.14. The predicted octanol–water partition coefficient (Wildman–Crippen LogP) is 3.65. The minimum absolute atomic E-state index is 0.0783. The number of ether oxygens (including phenoxy) is 3. The smallest absolute Gasteiger partial charge is 0.262 e. The van der Waals surface area contributed by atoms with Crippen LogP contribution in [0, 0.1) is 20.8 Å². The first-order valence-electron chi connectivity index (χ1n) is 7.67. The van der Waals surface area contributed by atoms with E-state index in [0.717, 1.165) is 16.9 Å². The summed E-state index contributed by atoms with van der Waals surface area (Å²) in [6.45, 7) is 5.90. The second-order valence-corrected chi connectivity index (χ2v) is 5.63. The zero-order valence-electron chi connectivity index (χ0n) is 14.7. The second-order valence-electron chi connectivity index (χ2n) is 5.63. The molecular weight excluding hydrogens is 306 g/mol. The van der Waals surface area contributed by atoms with Crippen LogP contribution in [0.5, 0.6) is 17.2 Å². The Hall–Kier alpha value is -2.69. The molecule has 0 aromatic heterocycles. The van der Waals surface area contributed by atoms with Crippen LogP contribution in [0.3, 0.4) is 0 Å². The highest BCUT2D eigenvalue weighted by Gasteiger charge is 2.12. The number of aryl methyl sites for hydroxylation is 3. The number of nitrogens with one attached hydrogen (secondary N) is 1. The quantitative estimate of drug-likeness (QED) is 0.879. The van der Waals surface area contributed by atoms with Crippen LogP contribution < -0.4 is 19.5 Å². The molecule has 24 heavy (non-hydrogen) atoms. The van der Waals surface area contributed by atoms with Crippen molar-refractivity contribution in [3.63, 3.8) is 0 Å². The van der Waals surface area contributed by atoms with E-state index in [-0.39, 0.29) is 12.5 Å². The molecule has 1 amide bonds. The van der Waals surface area contributed by atoms with Crippen LogP contribution in [0.4, 0.5) is 5.69 Å². The summed E-state index contributed by atoms with van der Waals surface area (Å²) in [5.41, 5.74) is 3.74. The van der Waals surface area contributed by atoms with Crippen LogP contribution in [0.2, 0.25) is 0 Å². The largest absolute Gasteiger partial charge is 0.497 e. The van der Waals surface area contributed by atoms with E-state index in [9.17, 15) is 4.79 Å². The Kier molecular flexibility index (Phi) is 5.68. The maximum absolute atomic E-state index is 12.2. The Morgan fingerprint density at radius 3 is 2.25 bits per heavy atom. The molecule has 2 aromatic carbocycles. The van der Waals surface area contributed by atoms with Crippen molar-refractivity contribution in [1.29, 1.82) is 0 Å². The number of methoxy groups -OCH3 is 2. The van der Waals surface area contributed by atoms with Crippen molar-refractivity contribution in [3.05, 3.63) is 47.0 Å². The maximum Gasteiger partial charge on any atom is 0.262 e. The molecule has 0 heterocycles. The summed E-state index contributed by atoms with van der Waals surface area (Å²) in [6, 6.07) is 9.28. The average molecular weight is 329 g/mol. The first-order chi connectivity index (χ1) is 11.4. The summed E-state index contributed by atoms with van der Waals surface area (Å²) in [7, 11) is 3.12. The van der Waals surface area contributed by atoms with Crippen molar-refractivity contribution in [2.45, 2.75) is 20.8 Å². The first kappa shape index (κ1) is 17.7. The standard InChI is InChI=1S/C19H23NO4/c1-12-8-13(2)19(14(3)9-12)24-11-18(21)20-16-10-15(22-4)6-7-17(16)23-5/h6-10H,11H2,1-5H3,(H,20,21). The fourth-order valence-corrected chi connectivity index (χ4v) is 2.63. The SMILES string of the molecule is COc1ccc(OC)c(NC(=O)COc2c(C)cc(C)cc2C)c1. The van der Waals surface area contributed by atoms with Gasteiger partial charge in [-0.25, -0.2) is 0 Å². The molecule has 0 saturated carbocycles. The van der Waals surface area contributed by atoms with E-state index in [4.69, 9.17) is 14.2 Å². The van der Waals surface area contributed by atoms with Crippen molar-refractivity contribution in [3.8, 4) is 17.2 Å². The molecule has 0 saturated heterocycles. The minimum atomic E-state index is -0.263. The monoisotopic (exact) mass is 329 g/mol. The highest BCUT2D eigenvalue weighted by Crippen LogP contribution is 2.29. The number of amides is 1. The molecule has 0 unspecified atom stereocenters. The summed E-state index contributed by atoms with van der Waals surface area (Å²) >= 11 is 0. The minimum Gasteiger partial charge on any atom is -0.497 e. The molecule has 2 rings (SSSR count). The van der Waals surface area contributed by atoms with Gasteiger partial charge >= 0.3 is 0 Å². The number of carbonyl (C=O) groups is 1. The molecule has 1 N–H and O–H groups in total. The van der Waals surface area contributed by atoms with E-state index in [1.807, 2.05) is 32.9 Å². The highest BCUT2D eigenvalue weighted by atomic mass is 16.5. The summed E-state index contributed by atoms with van der Waals surface area (Å²) in [5.74, 6) is 1.68. The maximum atomic E-state index is 12.2. The van der Waals surface area contributed by atoms with E-state index in [1.165, 1.54) is 5.56 Å². The zero-order valence-corrected chi connectivity index (χ0v) is 14.7. The van der Waals surface area contributed by atoms with Crippen molar-refractivity contribution < 1.29 is 19.0 Å². The molecule has 5 heteroatoms. The van der Waals surface area contributed by atoms with Crippen LogP contribution >= 0.6 is 0 Å². The van der Waals surface area contributed by atoms with Crippen LogP contribution in [0.15, 0.2) is 30.3 Å². The number of anilines is 1. The van der Waals surface area contributed by atoms with Crippen LogP contribution in [0.1, 0.15) is 16.7 Å². The third-order valence-corrected chi connectivity index (χ3v) is 3.63. The molecule has 0 spiro atoms. The van der Waals surface area contributed by atoms with Gasteiger partial charge in [-0.05, 0) is 44.0 Å². The van der Waals surface area contributed by atoms with Gasteiger partial charge in [0, 0.05) is 6.07 Å². The molecule has 0 radical (unpaired) electrons. The highest BCUT2D eigenvalue weighted by molar-refractivity contribution is 5.93. The van der Waals surface area contributed by atoms with Gasteiger partial charge in [-0.3, -0.25) is 4.79 Å². The van der Waals surface area contributed by atoms with Gasteiger partial charge in [-0.15, -0.1) is 0 Å². The summed E-state index contributed by atoms with van der Waals surface area (Å²) in [4.78, 5) is 12.2. The van der Waals surface area contributed by atoms with E-state index in [2.05, 4.69) is 5.32 Å². The van der Waals surface area contributed by atoms with Gasteiger partial charge in [-0.2, -0.15) is 0 Å². The Morgan fingerprint density at radius 2 is 1.67 bits per heavy atom. The van der Waals surface area contributed by atoms with E-state index in [1.54, 1.807) is 32.4 Å². The number of carbonyl (C=O) groups excluding carboxylic acids is 1. The number of hydrogen-bond acceptors (Lipinski definition) is 4. The molecule has 0 atom stereocenters. The Bertz CT molecular complexity index is 717. The average Bonchev–Trinajstić information content (AvgIpc) is 2.53. The number of rotatable bonds is 6. The van der Waals surface area contributed by atoms with Crippen LogP contribution in [-0.2, 0) is 4.79 Å². The molecule has 0 fully saturated rings. The normalized spacial score (nSPS) is 10.2. The van der Waals surface area contributed by atoms with Crippen molar-refractivity contribution in [2.24, 2.45) is 0 Å². The Morgan fingerprint density at radius 1 is 1.00 bits per heavy atom. The Balaban J connectivity index is 2.07. The van der Waals surface area contributed by atoms with Gasteiger partial charge < -0.3 is 19.5 Å². The third kappa shape index (κ3) is 4.19. The van der Waals surface area contributed by atoms with Crippen LogP contribution in [0.25, 0.3) is 0 Å². The van der Waals surface area contributed by atoms with Crippen molar-refractivity contribution >= 4 is 11.6 Å². The molecule has 0 aliphatic rings. The molecule has 128 valence electrons. The lowest BCUT2D eigenvalue weighted by molar-refractivity contribution is -0.118. The van der Waals surface area contributed by atoms with Gasteiger partial charge in [0.25, 0.3) is 5.91 Å². The van der Waals surface area contributed by atoms with Gasteiger partial charge in [-0.1, -0.05) is 17.7 Å². The van der Waals surface area contributed by atoms with E-state index >= 15 is 0 Å². The molecule has 0 bridgehead atoms. The summed E-state index contributed by atoms with van der Waals surface area (Å²) < 4.78 is 16.1.